The third-order valence-electron chi connectivity index (χ3n) is 3.06. The highest BCUT2D eigenvalue weighted by Crippen LogP contribution is 2.21. The minimum atomic E-state index is -0.425. The van der Waals surface area contributed by atoms with E-state index in [0.29, 0.717) is 13.0 Å². The molecule has 2 aromatic rings. The lowest BCUT2D eigenvalue weighted by molar-refractivity contribution is 0.0951. The number of ether oxygens (including phenoxy) is 1. The molecule has 0 atom stereocenters. The quantitative estimate of drug-likeness (QED) is 0.736. The van der Waals surface area contributed by atoms with Crippen LogP contribution in [0.15, 0.2) is 42.5 Å². The summed E-state index contributed by atoms with van der Waals surface area (Å²) in [7, 11) is 1.60. The molecule has 21 heavy (non-hydrogen) atoms. The molecule has 0 spiro atoms. The molecule has 2 aromatic carbocycles. The molecule has 0 saturated carbocycles. The van der Waals surface area contributed by atoms with Gasteiger partial charge in [-0.3, -0.25) is 4.79 Å². The van der Waals surface area contributed by atoms with Crippen molar-refractivity contribution in [1.29, 1.82) is 0 Å². The van der Waals surface area contributed by atoms with Crippen LogP contribution in [0.4, 0.5) is 0 Å². The zero-order valence-electron chi connectivity index (χ0n) is 11.7. The molecule has 5 heteroatoms. The van der Waals surface area contributed by atoms with Gasteiger partial charge >= 0.3 is 0 Å². The second-order valence-electron chi connectivity index (χ2n) is 4.56. The van der Waals surface area contributed by atoms with Gasteiger partial charge in [0.1, 0.15) is 17.2 Å². The largest absolute Gasteiger partial charge is 0.508 e. The Hall–Kier alpha value is -2.69. The van der Waals surface area contributed by atoms with Crippen molar-refractivity contribution in [3.8, 4) is 17.2 Å². The number of methoxy groups -OCH3 is 1. The third kappa shape index (κ3) is 3.89. The molecule has 0 aliphatic heterocycles. The van der Waals surface area contributed by atoms with Crippen LogP contribution >= 0.6 is 0 Å². The van der Waals surface area contributed by atoms with Crippen molar-refractivity contribution in [3.63, 3.8) is 0 Å². The smallest absolute Gasteiger partial charge is 0.255 e. The van der Waals surface area contributed by atoms with E-state index in [0.717, 1.165) is 11.3 Å². The summed E-state index contributed by atoms with van der Waals surface area (Å²) in [5, 5.41) is 21.6. The first-order chi connectivity index (χ1) is 10.1. The van der Waals surface area contributed by atoms with Crippen LogP contribution in [-0.4, -0.2) is 29.8 Å². The molecule has 1 amide bonds. The van der Waals surface area contributed by atoms with E-state index >= 15 is 0 Å². The summed E-state index contributed by atoms with van der Waals surface area (Å²) in [4.78, 5) is 11.9. The van der Waals surface area contributed by atoms with Gasteiger partial charge in [0.05, 0.1) is 12.7 Å². The topological polar surface area (TPSA) is 78.8 Å². The first kappa shape index (κ1) is 14.7. The molecule has 0 aliphatic carbocycles. The van der Waals surface area contributed by atoms with Crippen LogP contribution in [-0.2, 0) is 6.42 Å². The molecule has 2 rings (SSSR count). The molecular weight excluding hydrogens is 270 g/mol. The van der Waals surface area contributed by atoms with E-state index in [4.69, 9.17) is 4.74 Å². The second-order valence-corrected chi connectivity index (χ2v) is 4.56. The summed E-state index contributed by atoms with van der Waals surface area (Å²) >= 11 is 0. The highest BCUT2D eigenvalue weighted by atomic mass is 16.5. The summed E-state index contributed by atoms with van der Waals surface area (Å²) < 4.78 is 5.13. The number of hydrogen-bond donors (Lipinski definition) is 3. The van der Waals surface area contributed by atoms with Crippen molar-refractivity contribution in [2.75, 3.05) is 13.7 Å². The second kappa shape index (κ2) is 6.65. The highest BCUT2D eigenvalue weighted by molar-refractivity contribution is 5.97. The molecule has 0 radical (unpaired) electrons. The average Bonchev–Trinajstić information content (AvgIpc) is 2.49. The monoisotopic (exact) mass is 287 g/mol. The fourth-order valence-corrected chi connectivity index (χ4v) is 1.95. The lowest BCUT2D eigenvalue weighted by Gasteiger charge is -2.08. The van der Waals surface area contributed by atoms with E-state index in [2.05, 4.69) is 5.32 Å². The molecule has 5 nitrogen and oxygen atoms in total. The molecule has 0 aliphatic rings. The predicted octanol–water partition coefficient (Wildman–Crippen LogP) is 2.08. The summed E-state index contributed by atoms with van der Waals surface area (Å²) in [6.45, 7) is 0.418. The maximum absolute atomic E-state index is 11.9. The molecule has 110 valence electrons. The molecule has 0 fully saturated rings. The number of carbonyl (C=O) groups is 1. The van der Waals surface area contributed by atoms with Gasteiger partial charge in [-0.2, -0.15) is 0 Å². The maximum Gasteiger partial charge on any atom is 0.255 e. The first-order valence-corrected chi connectivity index (χ1v) is 6.53. The number of phenolic OH excluding ortho intramolecular Hbond substituents is 2. The molecule has 0 bridgehead atoms. The van der Waals surface area contributed by atoms with Crippen LogP contribution in [0.25, 0.3) is 0 Å². The van der Waals surface area contributed by atoms with Crippen molar-refractivity contribution >= 4 is 5.91 Å². The number of rotatable bonds is 5. The normalized spacial score (nSPS) is 10.1. The van der Waals surface area contributed by atoms with Crippen molar-refractivity contribution in [3.05, 3.63) is 53.6 Å². The van der Waals surface area contributed by atoms with E-state index in [1.54, 1.807) is 7.11 Å². The predicted molar refractivity (Wildman–Crippen MR) is 78.8 cm³/mol. The molecule has 0 unspecified atom stereocenters. The van der Waals surface area contributed by atoms with Gasteiger partial charge in [0.2, 0.25) is 0 Å². The van der Waals surface area contributed by atoms with Crippen molar-refractivity contribution < 1.29 is 19.7 Å². The Balaban J connectivity index is 1.93. The van der Waals surface area contributed by atoms with Gasteiger partial charge in [-0.25, -0.2) is 0 Å². The van der Waals surface area contributed by atoms with Crippen LogP contribution in [0, 0.1) is 0 Å². The number of amides is 1. The Bertz CT molecular complexity index is 640. The number of hydrogen-bond acceptors (Lipinski definition) is 4. The van der Waals surface area contributed by atoms with Crippen molar-refractivity contribution in [1.82, 2.24) is 5.32 Å². The number of phenols is 2. The van der Waals surface area contributed by atoms with Gasteiger partial charge in [-0.15, -0.1) is 0 Å². The summed E-state index contributed by atoms with van der Waals surface area (Å²) in [5.74, 6) is 0.119. The SMILES string of the molecule is COc1cccc(CCNC(=O)c2cc(O)ccc2O)c1. The highest BCUT2D eigenvalue weighted by Gasteiger charge is 2.11. The minimum Gasteiger partial charge on any atom is -0.508 e. The van der Waals surface area contributed by atoms with Gasteiger partial charge in [0.15, 0.2) is 0 Å². The third-order valence-corrected chi connectivity index (χ3v) is 3.06. The number of nitrogens with one attached hydrogen (secondary N) is 1. The first-order valence-electron chi connectivity index (χ1n) is 6.53. The van der Waals surface area contributed by atoms with E-state index in [1.165, 1.54) is 18.2 Å². The number of aromatic hydroxyl groups is 2. The Labute approximate surface area is 122 Å². The minimum absolute atomic E-state index is 0.0562. The maximum atomic E-state index is 11.9. The number of benzene rings is 2. The lowest BCUT2D eigenvalue weighted by Crippen LogP contribution is -2.25. The standard InChI is InChI=1S/C16H17NO4/c1-21-13-4-2-3-11(9-13)7-8-17-16(20)14-10-12(18)5-6-15(14)19/h2-6,9-10,18-19H,7-8H2,1H3,(H,17,20). The van der Waals surface area contributed by atoms with Crippen molar-refractivity contribution in [2.45, 2.75) is 6.42 Å². The average molecular weight is 287 g/mol. The van der Waals surface area contributed by atoms with Crippen LogP contribution < -0.4 is 10.1 Å². The van der Waals surface area contributed by atoms with Crippen LogP contribution in [0.2, 0.25) is 0 Å². The van der Waals surface area contributed by atoms with Crippen LogP contribution in [0.3, 0.4) is 0 Å². The van der Waals surface area contributed by atoms with Gasteiger partial charge in [0, 0.05) is 6.54 Å². The van der Waals surface area contributed by atoms with E-state index in [9.17, 15) is 15.0 Å². The number of carbonyl (C=O) groups excluding carboxylic acids is 1. The Morgan fingerprint density at radius 3 is 2.76 bits per heavy atom. The van der Waals surface area contributed by atoms with Crippen LogP contribution in [0.1, 0.15) is 15.9 Å². The summed E-state index contributed by atoms with van der Waals surface area (Å²) in [6.07, 6.45) is 0.641. The van der Waals surface area contributed by atoms with E-state index < -0.39 is 5.91 Å². The fraction of sp³-hybridized carbons (Fsp3) is 0.188. The molecule has 0 heterocycles. The van der Waals surface area contributed by atoms with E-state index in [1.807, 2.05) is 24.3 Å². The van der Waals surface area contributed by atoms with Crippen molar-refractivity contribution in [2.24, 2.45) is 0 Å². The fourth-order valence-electron chi connectivity index (χ4n) is 1.95. The molecule has 3 N–H and O–H groups in total. The van der Waals surface area contributed by atoms with Gasteiger partial charge in [-0.05, 0) is 42.3 Å². The zero-order valence-corrected chi connectivity index (χ0v) is 11.7. The molecular formula is C16H17NO4. The molecule has 0 saturated heterocycles. The lowest BCUT2D eigenvalue weighted by atomic mass is 10.1. The zero-order chi connectivity index (χ0) is 15.2. The van der Waals surface area contributed by atoms with Gasteiger partial charge in [0.25, 0.3) is 5.91 Å². The van der Waals surface area contributed by atoms with Gasteiger partial charge < -0.3 is 20.3 Å². The van der Waals surface area contributed by atoms with Gasteiger partial charge in [-0.1, -0.05) is 12.1 Å². The Kier molecular flexibility index (Phi) is 4.66. The summed E-state index contributed by atoms with van der Waals surface area (Å²) in [5.41, 5.74) is 1.09. The van der Waals surface area contributed by atoms with Crippen LogP contribution in [0.5, 0.6) is 17.2 Å². The Morgan fingerprint density at radius 1 is 1.19 bits per heavy atom. The van der Waals surface area contributed by atoms with E-state index in [-0.39, 0.29) is 17.1 Å². The summed E-state index contributed by atoms with van der Waals surface area (Å²) in [6, 6.07) is 11.4. The Morgan fingerprint density at radius 2 is 2.00 bits per heavy atom. The molecule has 0 aromatic heterocycles.